The van der Waals surface area contributed by atoms with Gasteiger partial charge in [0, 0.05) is 56.8 Å². The number of phenols is 16. The first kappa shape index (κ1) is 99.5. The number of benzene rings is 12. The highest BCUT2D eigenvalue weighted by molar-refractivity contribution is 5.74. The molecule has 0 amide bonds. The Morgan fingerprint density at radius 1 is 0.237 bits per heavy atom. The molecule has 0 aliphatic heterocycles. The van der Waals surface area contributed by atoms with Crippen molar-refractivity contribution in [2.24, 2.45) is 17.3 Å². The van der Waals surface area contributed by atoms with Gasteiger partial charge in [-0.25, -0.2) is 19.2 Å². The van der Waals surface area contributed by atoms with Crippen molar-refractivity contribution in [3.05, 3.63) is 301 Å². The molecule has 20 N–H and O–H groups in total. The highest BCUT2D eigenvalue weighted by Gasteiger charge is 2.51. The van der Waals surface area contributed by atoms with Crippen LogP contribution in [0.4, 0.5) is 0 Å². The minimum atomic E-state index is -1.33. The van der Waals surface area contributed by atoms with E-state index in [0.29, 0.717) is 207 Å². The van der Waals surface area contributed by atoms with Gasteiger partial charge in [-0.2, -0.15) is 0 Å². The van der Waals surface area contributed by atoms with Crippen molar-refractivity contribution in [3.63, 3.8) is 0 Å². The molecule has 28 nitrogen and oxygen atoms in total. The van der Waals surface area contributed by atoms with E-state index in [1.54, 1.807) is 83.1 Å². The van der Waals surface area contributed by atoms with Crippen molar-refractivity contribution in [1.29, 1.82) is 0 Å². The van der Waals surface area contributed by atoms with Gasteiger partial charge < -0.3 is 121 Å². The number of carboxylic acid groups (broad SMARTS) is 4. The minimum absolute atomic E-state index is 0.0937. The molecule has 12 aromatic rings. The van der Waals surface area contributed by atoms with E-state index in [0.717, 1.165) is 0 Å². The summed E-state index contributed by atoms with van der Waals surface area (Å²) in [5.41, 5.74) is 8.84. The number of hydrogen-bond donors (Lipinski definition) is 20. The average Bonchev–Trinajstić information content (AvgIpc) is 0.724. The molecule has 14 rings (SSSR count). The average molecular weight is 1900 g/mol. The van der Waals surface area contributed by atoms with Crippen LogP contribution in [0.3, 0.4) is 0 Å². The zero-order valence-electron chi connectivity index (χ0n) is 79.5. The Morgan fingerprint density at radius 3 is 0.525 bits per heavy atom. The van der Waals surface area contributed by atoms with Crippen molar-refractivity contribution in [2.75, 3.05) is 26.4 Å². The van der Waals surface area contributed by atoms with E-state index in [1.165, 1.54) is 97.1 Å². The van der Waals surface area contributed by atoms with Crippen LogP contribution in [-0.4, -0.2) is 152 Å². The highest BCUT2D eigenvalue weighted by atomic mass is 16.5. The summed E-state index contributed by atoms with van der Waals surface area (Å²) in [7, 11) is 0. The smallest absolute Gasteiger partial charge is 0.341 e. The van der Waals surface area contributed by atoms with E-state index in [-0.39, 0.29) is 34.8 Å². The van der Waals surface area contributed by atoms with Gasteiger partial charge in [0.05, 0.1) is 0 Å². The molecule has 0 unspecified atom stereocenters. The van der Waals surface area contributed by atoms with Crippen LogP contribution in [-0.2, 0) is 30.0 Å². The highest BCUT2D eigenvalue weighted by Crippen LogP contribution is 2.62. The summed E-state index contributed by atoms with van der Waals surface area (Å²) in [4.78, 5) is 51.6. The Hall–Kier alpha value is -15.5. The molecule has 28 heteroatoms. The molecule has 2 saturated carbocycles. The molecule has 0 saturated heterocycles. The first-order chi connectivity index (χ1) is 65.4. The Kier molecular flexibility index (Phi) is 27.6. The molecule has 2 aliphatic carbocycles. The number of rotatable bonds is 30. The number of aryl methyl sites for hydroxylation is 12. The number of hydrogen-bond acceptors (Lipinski definition) is 24. The van der Waals surface area contributed by atoms with Crippen LogP contribution in [0.25, 0.3) is 0 Å². The zero-order valence-corrected chi connectivity index (χ0v) is 79.5. The summed E-state index contributed by atoms with van der Waals surface area (Å²) in [6.07, 6.45) is 3.01. The molecule has 0 bridgehead atoms. The molecule has 0 radical (unpaired) electrons. The number of phenolic OH excluding ortho intramolecular Hbond substituents is 16. The Balaban J connectivity index is 1.01. The fraction of sp³-hybridized carbons (Fsp3) is 0.315. The number of carboxylic acids is 4. The fourth-order valence-corrected chi connectivity index (χ4v) is 22.1. The number of aromatic hydroxyl groups is 16. The van der Waals surface area contributed by atoms with E-state index < -0.39 is 182 Å². The summed E-state index contributed by atoms with van der Waals surface area (Å²) in [5, 5.41) is 224. The number of aliphatic carboxylic acids is 4. The minimum Gasteiger partial charge on any atom is -0.504 e. The van der Waals surface area contributed by atoms with Crippen LogP contribution in [0.1, 0.15) is 245 Å². The molecule has 2 fully saturated rings. The molecule has 0 atom stereocenters. The van der Waals surface area contributed by atoms with E-state index in [2.05, 4.69) is 13.8 Å². The Morgan fingerprint density at radius 2 is 0.381 bits per heavy atom. The van der Waals surface area contributed by atoms with Gasteiger partial charge in [0.1, 0.15) is 23.0 Å². The maximum atomic E-state index is 12.9. The third kappa shape index (κ3) is 19.2. The van der Waals surface area contributed by atoms with Crippen molar-refractivity contribution in [3.8, 4) is 115 Å². The van der Waals surface area contributed by atoms with Gasteiger partial charge >= 0.3 is 23.9 Å². The van der Waals surface area contributed by atoms with Crippen LogP contribution in [0.15, 0.2) is 146 Å². The van der Waals surface area contributed by atoms with E-state index >= 15 is 0 Å². The van der Waals surface area contributed by atoms with Gasteiger partial charge in [0.2, 0.25) is 0 Å². The van der Waals surface area contributed by atoms with Gasteiger partial charge in [0.25, 0.3) is 0 Å². The maximum Gasteiger partial charge on any atom is 0.341 e. The lowest BCUT2D eigenvalue weighted by atomic mass is 9.52. The quantitative estimate of drug-likeness (QED) is 0.0147. The Labute approximate surface area is 802 Å². The molecule has 0 heterocycles. The number of ether oxygens (including phenoxy) is 4. The molecular formula is C111H116O28. The predicted molar refractivity (Wildman–Crippen MR) is 516 cm³/mol. The SMILES string of the molecule is Cc1cc(O)c(O)cc1C(c1cc(O)c(O)cc1C)c1cc(C2(c3cc(C)c(OCC(=O)O)c(C(c4cc(O)c(O)cc4C)c4cc(O)c(O)cc4C)c3)CCC(C(C)(C)C3CCC(c4cc(C)c(OCC(=O)O)c(C(c5cc(O)c(O)cc5C)c5cc(O)c(O)cc5C)c4)(c4cc(C)c(OCC(=O)O)c(C(c5cc(O)c(O)cc5C)c5cc(O)c(O)cc5C)c4)CC3)CC2)cc(C)c1OCC(=O)O. The molecule has 728 valence electrons. The predicted octanol–water partition coefficient (Wildman–Crippen LogP) is 19.9. The third-order valence-electron chi connectivity index (χ3n) is 29.2. The fourth-order valence-electron chi connectivity index (χ4n) is 22.1. The van der Waals surface area contributed by atoms with E-state index in [1.807, 2.05) is 48.5 Å². The lowest BCUT2D eigenvalue weighted by Crippen LogP contribution is -2.43. The molecule has 0 aromatic heterocycles. The Bertz CT molecular complexity index is 5900. The van der Waals surface area contributed by atoms with Crippen LogP contribution < -0.4 is 18.9 Å². The zero-order chi connectivity index (χ0) is 101. The molecule has 139 heavy (non-hydrogen) atoms. The van der Waals surface area contributed by atoms with Crippen LogP contribution in [0.5, 0.6) is 115 Å². The topological polar surface area (TPSA) is 510 Å². The van der Waals surface area contributed by atoms with Crippen LogP contribution in [0, 0.1) is 100 Å². The lowest BCUT2D eigenvalue weighted by Gasteiger charge is -2.52. The first-order valence-corrected chi connectivity index (χ1v) is 45.6. The van der Waals surface area contributed by atoms with Crippen molar-refractivity contribution in [1.82, 2.24) is 0 Å². The van der Waals surface area contributed by atoms with Crippen molar-refractivity contribution < 1.29 is 140 Å². The van der Waals surface area contributed by atoms with Crippen molar-refractivity contribution in [2.45, 2.75) is 183 Å². The van der Waals surface area contributed by atoms with Gasteiger partial charge in [-0.1, -0.05) is 62.4 Å². The monoisotopic (exact) mass is 1900 g/mol. The van der Waals surface area contributed by atoms with E-state index in [9.17, 15) is 121 Å². The van der Waals surface area contributed by atoms with Crippen LogP contribution >= 0.6 is 0 Å². The summed E-state index contributed by atoms with van der Waals surface area (Å²) in [6.45, 7) is 21.7. The first-order valence-electron chi connectivity index (χ1n) is 45.6. The second kappa shape index (κ2) is 38.6. The standard InChI is InChI=1S/C111H116O28/c1-51-27-81(112)89(120)39-69(51)101(70-40-90(121)82(113)28-52(70)2)77-35-65(23-59(9)105(77)136-47-97(128)129)110(66-24-60(10)106(137-48-98(130)131)78(36-66)102(71-41-91(122)83(114)29-53(71)3)72-42-92(123)84(115)30-54(72)4)19-15-63(16-20-110)109(13,14)64-17-21-111(22-18-64,67-25-61(11)107(138-49-99(132)133)79(37-67)103(73-43-93(124)85(116)31-55(73)5)74-44-94(125)86(117)32-56(74)6)68-26-62(12)108(139-50-100(134)135)80(38-68)104(75-45-95(126)87(118)33-57(75)7)76-46-96(127)88(119)34-58(76)8/h23-46,63-64,101-104,112-127H,15-22,47-50H2,1-14H3,(H,128,129)(H,130,131)(H,132,133)(H,134,135). The van der Waals surface area contributed by atoms with Gasteiger partial charge in [-0.15, -0.1) is 0 Å². The van der Waals surface area contributed by atoms with Crippen molar-refractivity contribution >= 4 is 23.9 Å². The molecule has 2 aliphatic rings. The normalized spacial score (nSPS) is 14.0. The van der Waals surface area contributed by atoms with E-state index in [4.69, 9.17) is 18.9 Å². The van der Waals surface area contributed by atoms with Gasteiger partial charge in [-0.05, 0) is 382 Å². The second-order valence-electron chi connectivity index (χ2n) is 38.4. The molecule has 12 aromatic carbocycles. The lowest BCUT2D eigenvalue weighted by molar-refractivity contribution is -0.140. The second-order valence-corrected chi connectivity index (χ2v) is 38.4. The summed E-state index contributed by atoms with van der Waals surface area (Å²) < 4.78 is 25.8. The van der Waals surface area contributed by atoms with Gasteiger partial charge in [0.15, 0.2) is 118 Å². The summed E-state index contributed by atoms with van der Waals surface area (Å²) in [6, 6.07) is 37.1. The largest absolute Gasteiger partial charge is 0.504 e. The molecular weight excluding hydrogens is 1780 g/mol. The number of carbonyl (C=O) groups is 4. The summed E-state index contributed by atoms with van der Waals surface area (Å²) in [5.74, 6) is -17.6. The maximum absolute atomic E-state index is 12.9. The van der Waals surface area contributed by atoms with Gasteiger partial charge in [-0.3, -0.25) is 0 Å². The summed E-state index contributed by atoms with van der Waals surface area (Å²) >= 11 is 0. The third-order valence-corrected chi connectivity index (χ3v) is 29.2. The molecule has 0 spiro atoms. The van der Waals surface area contributed by atoms with Crippen LogP contribution in [0.2, 0.25) is 0 Å².